The Labute approximate surface area is 271 Å². The summed E-state index contributed by atoms with van der Waals surface area (Å²) in [5.41, 5.74) is 6.71. The number of carbonyl (C=O) groups is 2. The van der Waals surface area contributed by atoms with Crippen molar-refractivity contribution in [3.8, 4) is 17.2 Å². The molecule has 0 bridgehead atoms. The number of fused-ring (bicyclic) bond motifs is 3. The fraction of sp³-hybridized carbons (Fsp3) is 0.516. The van der Waals surface area contributed by atoms with Crippen molar-refractivity contribution in [1.82, 2.24) is 25.5 Å². The van der Waals surface area contributed by atoms with Crippen molar-refractivity contribution < 1.29 is 43.9 Å². The lowest BCUT2D eigenvalue weighted by molar-refractivity contribution is -0.141. The number of anilines is 1. The Morgan fingerprint density at radius 2 is 2.13 bits per heavy atom. The normalized spacial score (nSPS) is 25.2. The number of nitrogens with two attached hydrogens (primary N) is 1. The van der Waals surface area contributed by atoms with Gasteiger partial charge in [0.1, 0.15) is 41.8 Å². The van der Waals surface area contributed by atoms with Gasteiger partial charge in [-0.25, -0.2) is 9.78 Å². The van der Waals surface area contributed by atoms with E-state index in [-0.39, 0.29) is 43.6 Å². The monoisotopic (exact) mass is 655 g/mol. The molecule has 0 radical (unpaired) electrons. The van der Waals surface area contributed by atoms with Gasteiger partial charge in [0.25, 0.3) is 0 Å². The number of aliphatic hydroxyl groups is 3. The molecule has 6 rings (SSSR count). The molecule has 0 spiro atoms. The van der Waals surface area contributed by atoms with Gasteiger partial charge in [-0.3, -0.25) is 21.2 Å². The van der Waals surface area contributed by atoms with E-state index in [0.29, 0.717) is 59.2 Å². The summed E-state index contributed by atoms with van der Waals surface area (Å²) in [6.07, 6.45) is 6.02. The maximum atomic E-state index is 13.0. The van der Waals surface area contributed by atoms with Crippen molar-refractivity contribution in [1.29, 1.82) is 0 Å². The largest absolute Gasteiger partial charge is 0.496 e. The number of aliphatic hydroxyl groups excluding tert-OH is 2. The topological polar surface area (TPSA) is 215 Å². The lowest BCUT2D eigenvalue weighted by Crippen LogP contribution is -2.70. The van der Waals surface area contributed by atoms with Crippen molar-refractivity contribution in [3.63, 3.8) is 0 Å². The van der Waals surface area contributed by atoms with E-state index in [0.717, 1.165) is 0 Å². The molecular weight excluding hydrogens is 614 g/mol. The van der Waals surface area contributed by atoms with E-state index in [9.17, 15) is 24.9 Å². The summed E-state index contributed by atoms with van der Waals surface area (Å²) in [5.74, 6) is 0.513. The fourth-order valence-electron chi connectivity index (χ4n) is 6.57. The quantitative estimate of drug-likeness (QED) is 0.147. The van der Waals surface area contributed by atoms with Crippen molar-refractivity contribution in [2.24, 2.45) is 5.73 Å². The highest BCUT2D eigenvalue weighted by Gasteiger charge is 2.45. The number of benzene rings is 1. The number of amides is 1. The maximum Gasteiger partial charge on any atom is 0.374 e. The molecule has 8 N–H and O–H groups in total. The minimum absolute atomic E-state index is 0.0762. The van der Waals surface area contributed by atoms with Gasteiger partial charge in [0.05, 0.1) is 43.7 Å². The Morgan fingerprint density at radius 3 is 2.85 bits per heavy atom. The van der Waals surface area contributed by atoms with E-state index in [1.165, 1.54) is 7.11 Å². The van der Waals surface area contributed by atoms with Crippen LogP contribution in [0.4, 0.5) is 5.95 Å². The van der Waals surface area contributed by atoms with E-state index in [1.807, 2.05) is 15.5 Å². The highest BCUT2D eigenvalue weighted by atomic mass is 16.6. The number of carbonyl (C=O) groups excluding carboxylic acids is 2. The predicted octanol–water partition coefficient (Wildman–Crippen LogP) is -0.842. The van der Waals surface area contributed by atoms with Crippen molar-refractivity contribution >= 4 is 23.4 Å². The van der Waals surface area contributed by atoms with Crippen LogP contribution in [0.25, 0.3) is 5.57 Å². The highest BCUT2D eigenvalue weighted by Crippen LogP contribution is 2.53. The number of nitrogens with one attached hydrogen (secondary N) is 3. The molecule has 47 heavy (non-hydrogen) atoms. The molecule has 1 amide bonds. The Bertz CT molecular complexity index is 1600. The fourth-order valence-corrected chi connectivity index (χ4v) is 6.57. The van der Waals surface area contributed by atoms with Gasteiger partial charge in [-0.2, -0.15) is 0 Å². The minimum atomic E-state index is -1.28. The maximum absolute atomic E-state index is 13.0. The summed E-state index contributed by atoms with van der Waals surface area (Å²) >= 11 is 0. The van der Waals surface area contributed by atoms with E-state index >= 15 is 0 Å². The first-order chi connectivity index (χ1) is 22.6. The summed E-state index contributed by atoms with van der Waals surface area (Å²) in [6.45, 7) is 3.54. The number of allylic oxidation sites excluding steroid dienone is 3. The first kappa shape index (κ1) is 32.7. The van der Waals surface area contributed by atoms with Gasteiger partial charge in [0, 0.05) is 37.5 Å². The lowest BCUT2D eigenvalue weighted by Gasteiger charge is -2.35. The van der Waals surface area contributed by atoms with Gasteiger partial charge >= 0.3 is 5.97 Å². The molecule has 16 heteroatoms. The number of hydrogen-bond acceptors (Lipinski definition) is 14. The van der Waals surface area contributed by atoms with Crippen molar-refractivity contribution in [2.75, 3.05) is 31.9 Å². The SMILES string of the molecule is CCOC(=O)C1=C/C(=C\Cn2ccnc2N2CN[C@H]3C(=O)N[C@H](N)N[C@H]32)c2c(OC)c3c(c(CO)c2O1)O[C@H]([C@](C)(O)CCCO)C3. The molecule has 2 fully saturated rings. The van der Waals surface area contributed by atoms with Crippen molar-refractivity contribution in [2.45, 2.75) is 76.5 Å². The second-order valence-electron chi connectivity index (χ2n) is 12.0. The Hall–Kier alpha value is -4.19. The van der Waals surface area contributed by atoms with Crippen LogP contribution in [0.1, 0.15) is 43.4 Å². The molecule has 1 aromatic carbocycles. The molecule has 4 aliphatic heterocycles. The standard InChI is InChI=1S/C31H41N7O9/c1-4-45-28(42)19-12-16(6-9-37-10-8-33-30(37)38-15-34-22-26(38)35-29(32)36-27(22)41)21-24(44-3)17-13-20(31(2,43)7-5-11-39)47-23(17)18(14-40)25(21)46-19/h6,8,10,12,20,22,26,29,34-35,39-40,43H,4-5,7,9,11,13-15,32H2,1-3H3,(H,36,41)/b16-6+/t20-,22+,26-,29+,31+/m0/s1. The van der Waals surface area contributed by atoms with Crippen LogP contribution in [-0.4, -0.2) is 93.9 Å². The van der Waals surface area contributed by atoms with Gasteiger partial charge < -0.3 is 49.1 Å². The number of imidazole rings is 1. The van der Waals surface area contributed by atoms with Crippen LogP contribution in [0.5, 0.6) is 17.2 Å². The van der Waals surface area contributed by atoms with Gasteiger partial charge in [0.2, 0.25) is 17.6 Å². The zero-order valence-electron chi connectivity index (χ0n) is 26.5. The molecule has 0 aliphatic carbocycles. The molecule has 2 saturated heterocycles. The summed E-state index contributed by atoms with van der Waals surface area (Å²) in [4.78, 5) is 31.9. The molecule has 1 aromatic heterocycles. The molecule has 5 atom stereocenters. The van der Waals surface area contributed by atoms with E-state index < -0.39 is 42.8 Å². The number of hydrogen-bond donors (Lipinski definition) is 7. The summed E-state index contributed by atoms with van der Waals surface area (Å²) < 4.78 is 25.5. The molecule has 0 saturated carbocycles. The molecule has 4 aliphatic rings. The second-order valence-corrected chi connectivity index (χ2v) is 12.0. The first-order valence-corrected chi connectivity index (χ1v) is 15.6. The van der Waals surface area contributed by atoms with Gasteiger partial charge in [-0.05, 0) is 38.3 Å². The average molecular weight is 656 g/mol. The van der Waals surface area contributed by atoms with Gasteiger partial charge in [0.15, 0.2) is 0 Å². The predicted molar refractivity (Wildman–Crippen MR) is 167 cm³/mol. The third-order valence-corrected chi connectivity index (χ3v) is 8.88. The van der Waals surface area contributed by atoms with Crippen LogP contribution in [0, 0.1) is 0 Å². The Balaban J connectivity index is 1.40. The third kappa shape index (κ3) is 5.92. The zero-order chi connectivity index (χ0) is 33.5. The Kier molecular flexibility index (Phi) is 9.15. The van der Waals surface area contributed by atoms with E-state index in [4.69, 9.17) is 24.7 Å². The van der Waals surface area contributed by atoms with Crippen LogP contribution < -0.4 is 40.8 Å². The molecule has 0 unspecified atom stereocenters. The molecule has 2 aromatic rings. The van der Waals surface area contributed by atoms with Gasteiger partial charge in [-0.1, -0.05) is 6.08 Å². The second kappa shape index (κ2) is 13.1. The number of ether oxygens (including phenoxy) is 4. The number of methoxy groups -OCH3 is 1. The smallest absolute Gasteiger partial charge is 0.374 e. The van der Waals surface area contributed by atoms with E-state index in [1.54, 1.807) is 32.3 Å². The summed E-state index contributed by atoms with van der Waals surface area (Å²) in [5, 5.41) is 40.3. The first-order valence-electron chi connectivity index (χ1n) is 15.6. The number of esters is 1. The molecule has 16 nitrogen and oxygen atoms in total. The average Bonchev–Trinajstić information content (AvgIpc) is 3.80. The zero-order valence-corrected chi connectivity index (χ0v) is 26.5. The van der Waals surface area contributed by atoms with Crippen LogP contribution >= 0.6 is 0 Å². The highest BCUT2D eigenvalue weighted by molar-refractivity contribution is 5.96. The van der Waals surface area contributed by atoms with Crippen LogP contribution in [0.15, 0.2) is 30.3 Å². The van der Waals surface area contributed by atoms with Crippen LogP contribution in [-0.2, 0) is 33.9 Å². The van der Waals surface area contributed by atoms with Crippen molar-refractivity contribution in [3.05, 3.63) is 47.0 Å². The summed E-state index contributed by atoms with van der Waals surface area (Å²) in [7, 11) is 1.51. The Morgan fingerprint density at radius 1 is 1.32 bits per heavy atom. The number of aromatic nitrogens is 2. The van der Waals surface area contributed by atoms with Gasteiger partial charge in [-0.15, -0.1) is 0 Å². The van der Waals surface area contributed by atoms with E-state index in [2.05, 4.69) is 20.9 Å². The number of nitrogens with zero attached hydrogens (tertiary/aromatic N) is 3. The molecular formula is C31H41N7O9. The lowest BCUT2D eigenvalue weighted by atomic mass is 9.88. The summed E-state index contributed by atoms with van der Waals surface area (Å²) in [6, 6.07) is -0.519. The minimum Gasteiger partial charge on any atom is -0.496 e. The van der Waals surface area contributed by atoms with Crippen LogP contribution in [0.3, 0.4) is 0 Å². The number of rotatable bonds is 11. The molecule has 5 heterocycles. The molecule has 254 valence electrons. The third-order valence-electron chi connectivity index (χ3n) is 8.88. The van der Waals surface area contributed by atoms with Crippen LogP contribution in [0.2, 0.25) is 0 Å².